The third-order valence-corrected chi connectivity index (χ3v) is 5.37. The molecule has 0 N–H and O–H groups in total. The summed E-state index contributed by atoms with van der Waals surface area (Å²) in [6.07, 6.45) is -0.0981. The Hall–Kier alpha value is -0.136. The Labute approximate surface area is 137 Å². The third kappa shape index (κ3) is 6.24. The molecular formula is C16H29ClO2Si2. The highest BCUT2D eigenvalue weighted by Crippen LogP contribution is 2.35. The maximum Gasteiger partial charge on any atom is 0.184 e. The summed E-state index contributed by atoms with van der Waals surface area (Å²) in [5, 5.41) is 0.768. The van der Waals surface area contributed by atoms with Crippen molar-refractivity contribution in [3.8, 4) is 0 Å². The third-order valence-electron chi connectivity index (χ3n) is 3.00. The molecule has 0 radical (unpaired) electrons. The molecule has 0 aliphatic carbocycles. The highest BCUT2D eigenvalue weighted by Gasteiger charge is 2.32. The van der Waals surface area contributed by atoms with Crippen molar-refractivity contribution in [2.75, 3.05) is 0 Å². The summed E-state index contributed by atoms with van der Waals surface area (Å²) >= 11 is 6.46. The van der Waals surface area contributed by atoms with E-state index in [4.69, 9.17) is 20.5 Å². The molecule has 0 spiro atoms. The molecule has 0 amide bonds. The number of hydrogen-bond acceptors (Lipinski definition) is 2. The fraction of sp³-hybridized carbons (Fsp3) is 0.625. The monoisotopic (exact) mass is 344 g/mol. The second kappa shape index (κ2) is 6.96. The van der Waals surface area contributed by atoms with Crippen LogP contribution >= 0.6 is 11.6 Å². The molecule has 1 rings (SSSR count). The lowest BCUT2D eigenvalue weighted by Gasteiger charge is -2.35. The van der Waals surface area contributed by atoms with E-state index in [1.54, 1.807) is 0 Å². The molecule has 2 atom stereocenters. The molecule has 0 aliphatic heterocycles. The molecule has 0 aliphatic rings. The predicted molar refractivity (Wildman–Crippen MR) is 97.3 cm³/mol. The lowest BCUT2D eigenvalue weighted by atomic mass is 10.0. The van der Waals surface area contributed by atoms with Crippen molar-refractivity contribution in [2.24, 2.45) is 0 Å². The highest BCUT2D eigenvalue weighted by molar-refractivity contribution is 6.70. The van der Waals surface area contributed by atoms with Crippen LogP contribution in [0.1, 0.15) is 24.2 Å². The average molecular weight is 345 g/mol. The summed E-state index contributed by atoms with van der Waals surface area (Å²) in [6.45, 7) is 17.4. The van der Waals surface area contributed by atoms with Crippen LogP contribution in [0.25, 0.3) is 0 Å². The van der Waals surface area contributed by atoms with Gasteiger partial charge in [-0.2, -0.15) is 0 Å². The molecule has 2 unspecified atom stereocenters. The Bertz CT molecular complexity index is 458. The van der Waals surface area contributed by atoms with Crippen molar-refractivity contribution in [2.45, 2.75) is 65.3 Å². The summed E-state index contributed by atoms with van der Waals surface area (Å²) in [5.41, 5.74) is 2.24. The van der Waals surface area contributed by atoms with Crippen molar-refractivity contribution >= 4 is 28.2 Å². The summed E-state index contributed by atoms with van der Waals surface area (Å²) in [6, 6.07) is 6.01. The van der Waals surface area contributed by atoms with Crippen molar-refractivity contribution < 1.29 is 8.85 Å². The van der Waals surface area contributed by atoms with Crippen LogP contribution in [0.3, 0.4) is 0 Å². The molecule has 0 aromatic heterocycles. The Morgan fingerprint density at radius 2 is 1.48 bits per heavy atom. The summed E-state index contributed by atoms with van der Waals surface area (Å²) in [4.78, 5) is 0. The smallest absolute Gasteiger partial charge is 0.184 e. The van der Waals surface area contributed by atoms with Crippen molar-refractivity contribution in [1.82, 2.24) is 0 Å². The van der Waals surface area contributed by atoms with Crippen LogP contribution in [0.15, 0.2) is 18.2 Å². The molecule has 1 aromatic carbocycles. The Morgan fingerprint density at radius 3 is 1.90 bits per heavy atom. The number of aryl methyl sites for hydroxylation is 1. The first kappa shape index (κ1) is 18.9. The van der Waals surface area contributed by atoms with E-state index in [1.165, 1.54) is 0 Å². The number of benzene rings is 1. The molecule has 2 nitrogen and oxygen atoms in total. The second-order valence-electron chi connectivity index (χ2n) is 7.56. The summed E-state index contributed by atoms with van der Waals surface area (Å²) < 4.78 is 12.7. The number of rotatable bonds is 6. The van der Waals surface area contributed by atoms with Gasteiger partial charge in [-0.25, -0.2) is 0 Å². The molecule has 0 fully saturated rings. The van der Waals surface area contributed by atoms with Gasteiger partial charge in [0, 0.05) is 10.6 Å². The van der Waals surface area contributed by atoms with Crippen LogP contribution < -0.4 is 0 Å². The minimum absolute atomic E-state index is 0.00184. The normalized spacial score (nSPS) is 15.9. The van der Waals surface area contributed by atoms with Gasteiger partial charge in [-0.05, 0) is 64.8 Å². The largest absolute Gasteiger partial charge is 0.412 e. The molecule has 120 valence electrons. The van der Waals surface area contributed by atoms with Crippen molar-refractivity contribution in [3.63, 3.8) is 0 Å². The lowest BCUT2D eigenvalue weighted by Crippen LogP contribution is -2.39. The van der Waals surface area contributed by atoms with E-state index in [0.29, 0.717) is 0 Å². The SMILES string of the molecule is Cc1cccc(Cl)c1C(O[Si](C)(C)C)C(C)O[Si](C)(C)C. The first-order valence-corrected chi connectivity index (χ1v) is 14.7. The molecule has 0 bridgehead atoms. The van der Waals surface area contributed by atoms with Gasteiger partial charge in [-0.1, -0.05) is 23.7 Å². The van der Waals surface area contributed by atoms with Crippen LogP contribution in [0, 0.1) is 6.92 Å². The van der Waals surface area contributed by atoms with E-state index >= 15 is 0 Å². The molecule has 1 aromatic rings. The topological polar surface area (TPSA) is 18.5 Å². The zero-order valence-corrected chi connectivity index (χ0v) is 17.3. The molecule has 5 heteroatoms. The Balaban J connectivity index is 3.19. The van der Waals surface area contributed by atoms with Gasteiger partial charge < -0.3 is 8.85 Å². The fourth-order valence-corrected chi connectivity index (χ4v) is 5.03. The standard InChI is InChI=1S/C16H29ClO2Si2/c1-12-10-9-11-14(17)15(12)16(19-21(6,7)8)13(2)18-20(3,4)5/h9-11,13,16H,1-8H3. The molecule has 21 heavy (non-hydrogen) atoms. The van der Waals surface area contributed by atoms with Gasteiger partial charge in [-0.3, -0.25) is 0 Å². The van der Waals surface area contributed by atoms with Crippen molar-refractivity contribution in [1.29, 1.82) is 0 Å². The van der Waals surface area contributed by atoms with E-state index in [9.17, 15) is 0 Å². The molecule has 0 saturated heterocycles. The van der Waals surface area contributed by atoms with E-state index in [0.717, 1.165) is 16.1 Å². The van der Waals surface area contributed by atoms with E-state index < -0.39 is 16.6 Å². The zero-order chi connectivity index (χ0) is 16.4. The minimum Gasteiger partial charge on any atom is -0.412 e. The summed E-state index contributed by atoms with van der Waals surface area (Å²) in [7, 11) is -3.34. The second-order valence-corrected chi connectivity index (χ2v) is 16.9. The van der Waals surface area contributed by atoms with Crippen LogP contribution in [0.5, 0.6) is 0 Å². The molecule has 0 heterocycles. The van der Waals surface area contributed by atoms with Gasteiger partial charge >= 0.3 is 0 Å². The summed E-state index contributed by atoms with van der Waals surface area (Å²) in [5.74, 6) is 0. The quantitative estimate of drug-likeness (QED) is 0.609. The molecular weight excluding hydrogens is 316 g/mol. The van der Waals surface area contributed by atoms with Crippen LogP contribution in [-0.4, -0.2) is 22.7 Å². The minimum atomic E-state index is -1.71. The van der Waals surface area contributed by atoms with Crippen molar-refractivity contribution in [3.05, 3.63) is 34.3 Å². The maximum atomic E-state index is 6.46. The zero-order valence-electron chi connectivity index (χ0n) is 14.6. The van der Waals surface area contributed by atoms with E-state index in [2.05, 4.69) is 59.2 Å². The first-order chi connectivity index (χ1) is 9.41. The van der Waals surface area contributed by atoms with E-state index in [1.807, 2.05) is 12.1 Å². The van der Waals surface area contributed by atoms with Gasteiger partial charge in [0.25, 0.3) is 0 Å². The molecule has 0 saturated carbocycles. The number of halogens is 1. The predicted octanol–water partition coefficient (Wildman–Crippen LogP) is 5.78. The maximum absolute atomic E-state index is 6.46. The van der Waals surface area contributed by atoms with E-state index in [-0.39, 0.29) is 12.2 Å². The van der Waals surface area contributed by atoms with Gasteiger partial charge in [-0.15, -0.1) is 0 Å². The van der Waals surface area contributed by atoms with Gasteiger partial charge in [0.05, 0.1) is 12.2 Å². The van der Waals surface area contributed by atoms with Gasteiger partial charge in [0.2, 0.25) is 0 Å². The first-order valence-electron chi connectivity index (χ1n) is 7.51. The lowest BCUT2D eigenvalue weighted by molar-refractivity contribution is 0.0546. The average Bonchev–Trinajstić information content (AvgIpc) is 2.23. The number of hydrogen-bond donors (Lipinski definition) is 0. The van der Waals surface area contributed by atoms with Crippen LogP contribution in [-0.2, 0) is 8.85 Å². The van der Waals surface area contributed by atoms with Gasteiger partial charge in [0.15, 0.2) is 16.6 Å². The van der Waals surface area contributed by atoms with Crippen LogP contribution in [0.4, 0.5) is 0 Å². The van der Waals surface area contributed by atoms with Crippen LogP contribution in [0.2, 0.25) is 44.3 Å². The highest BCUT2D eigenvalue weighted by atomic mass is 35.5. The fourth-order valence-electron chi connectivity index (χ4n) is 2.39. The van der Waals surface area contributed by atoms with Gasteiger partial charge in [0.1, 0.15) is 0 Å². The Kier molecular flexibility index (Phi) is 6.27. The Morgan fingerprint density at radius 1 is 0.952 bits per heavy atom.